The highest BCUT2D eigenvalue weighted by Gasteiger charge is 2.39. The summed E-state index contributed by atoms with van der Waals surface area (Å²) in [5.41, 5.74) is -1.13. The molecule has 3 aromatic rings. The van der Waals surface area contributed by atoms with Gasteiger partial charge in [-0.25, -0.2) is 23.4 Å². The van der Waals surface area contributed by atoms with Gasteiger partial charge in [0.1, 0.15) is 5.82 Å². The minimum Gasteiger partial charge on any atom is -0.334 e. The Hall–Kier alpha value is -2.75. The molecule has 0 unspecified atom stereocenters. The highest BCUT2D eigenvalue weighted by atomic mass is 32.2. The highest BCUT2D eigenvalue weighted by molar-refractivity contribution is 7.91. The zero-order valence-corrected chi connectivity index (χ0v) is 16.1. The van der Waals surface area contributed by atoms with E-state index in [0.29, 0.717) is 5.69 Å². The smallest absolute Gasteiger partial charge is 0.334 e. The number of rotatable bonds is 4. The van der Waals surface area contributed by atoms with Gasteiger partial charge in [-0.05, 0) is 25.1 Å². The van der Waals surface area contributed by atoms with Crippen molar-refractivity contribution in [2.75, 3.05) is 5.75 Å². The quantitative estimate of drug-likeness (QED) is 0.656. The van der Waals surface area contributed by atoms with Crippen LogP contribution in [0, 0.1) is 6.92 Å². The van der Waals surface area contributed by atoms with Gasteiger partial charge >= 0.3 is 6.18 Å². The van der Waals surface area contributed by atoms with Crippen LogP contribution in [0.1, 0.15) is 18.2 Å². The van der Waals surface area contributed by atoms with Crippen molar-refractivity contribution in [2.24, 2.45) is 7.05 Å². The monoisotopic (exact) mass is 410 g/mol. The van der Waals surface area contributed by atoms with Gasteiger partial charge in [-0.15, -0.1) is 0 Å². The lowest BCUT2D eigenvalue weighted by molar-refractivity contribution is -0.137. The minimum atomic E-state index is -4.81. The van der Waals surface area contributed by atoms with Crippen LogP contribution in [0.4, 0.5) is 13.2 Å². The van der Waals surface area contributed by atoms with Crippen LogP contribution in [-0.2, 0) is 23.1 Å². The summed E-state index contributed by atoms with van der Waals surface area (Å²) >= 11 is 0. The van der Waals surface area contributed by atoms with Gasteiger partial charge < -0.3 is 4.57 Å². The zero-order chi connectivity index (χ0) is 20.7. The number of nitrogens with zero attached hydrogens (tertiary/aromatic N) is 4. The summed E-state index contributed by atoms with van der Waals surface area (Å²) in [7, 11) is -2.49. The van der Waals surface area contributed by atoms with Gasteiger partial charge in [-0.1, -0.05) is 6.92 Å². The predicted octanol–water partition coefficient (Wildman–Crippen LogP) is 3.66. The maximum atomic E-state index is 14.0. The fourth-order valence-electron chi connectivity index (χ4n) is 2.90. The van der Waals surface area contributed by atoms with E-state index in [1.54, 1.807) is 6.92 Å². The Kier molecular flexibility index (Phi) is 5.00. The summed E-state index contributed by atoms with van der Waals surface area (Å²) in [6, 6.07) is 3.56. The van der Waals surface area contributed by atoms with Gasteiger partial charge in [-0.3, -0.25) is 0 Å². The summed E-state index contributed by atoms with van der Waals surface area (Å²) in [5, 5.41) is 0. The molecule has 0 aliphatic rings. The first-order valence-electron chi connectivity index (χ1n) is 8.30. The number of aromatic nitrogens is 4. The van der Waals surface area contributed by atoms with Crippen LogP contribution in [-0.4, -0.2) is 33.7 Å². The number of halogens is 3. The van der Waals surface area contributed by atoms with E-state index in [-0.39, 0.29) is 23.0 Å². The van der Waals surface area contributed by atoms with E-state index in [0.717, 1.165) is 6.07 Å². The summed E-state index contributed by atoms with van der Waals surface area (Å²) < 4.78 is 68.7. The van der Waals surface area contributed by atoms with Crippen LogP contribution in [0.3, 0.4) is 0 Å². The Bertz CT molecular complexity index is 1120. The third kappa shape index (κ3) is 3.64. The first kappa shape index (κ1) is 20.0. The van der Waals surface area contributed by atoms with Crippen molar-refractivity contribution >= 4 is 9.84 Å². The second-order valence-corrected chi connectivity index (χ2v) is 8.43. The maximum absolute atomic E-state index is 14.0. The van der Waals surface area contributed by atoms with Crippen LogP contribution < -0.4 is 0 Å². The zero-order valence-electron chi connectivity index (χ0n) is 15.3. The van der Waals surface area contributed by atoms with E-state index < -0.39 is 32.0 Å². The number of benzene rings is 1. The lowest BCUT2D eigenvalue weighted by atomic mass is 10.0. The van der Waals surface area contributed by atoms with Crippen LogP contribution >= 0.6 is 0 Å². The number of imidazole rings is 1. The first-order chi connectivity index (χ1) is 13.0. The van der Waals surface area contributed by atoms with Crippen LogP contribution in [0.2, 0.25) is 0 Å². The van der Waals surface area contributed by atoms with Crippen LogP contribution in [0.5, 0.6) is 0 Å². The molecule has 0 aliphatic heterocycles. The number of aryl methyl sites for hydroxylation is 2. The van der Waals surface area contributed by atoms with Gasteiger partial charge in [0.05, 0.1) is 21.9 Å². The van der Waals surface area contributed by atoms with Crippen molar-refractivity contribution in [1.82, 2.24) is 19.5 Å². The Labute approximate surface area is 160 Å². The Morgan fingerprint density at radius 1 is 1.14 bits per heavy atom. The lowest BCUT2D eigenvalue weighted by Gasteiger charge is -2.18. The minimum absolute atomic E-state index is 0.00289. The molecular weight excluding hydrogens is 393 g/mol. The number of sulfone groups is 1. The van der Waals surface area contributed by atoms with Gasteiger partial charge in [-0.2, -0.15) is 13.2 Å². The fraction of sp³-hybridized carbons (Fsp3) is 0.278. The molecule has 0 saturated heterocycles. The Balaban J connectivity index is 2.48. The summed E-state index contributed by atoms with van der Waals surface area (Å²) in [5.74, 6) is -0.430. The highest BCUT2D eigenvalue weighted by Crippen LogP contribution is 2.42. The molecule has 28 heavy (non-hydrogen) atoms. The standard InChI is InChI=1S/C18H17F3N4O2S/c1-4-28(26,27)14-9-12(16-22-6-5-7-23-16)8-13(18(19,20)21)15(14)17-24-11(2)10-25(17)3/h5-10H,4H2,1-3H3. The maximum Gasteiger partial charge on any atom is 0.417 e. The van der Waals surface area contributed by atoms with Gasteiger partial charge in [0.25, 0.3) is 0 Å². The van der Waals surface area contributed by atoms with Gasteiger partial charge in [0.2, 0.25) is 0 Å². The molecule has 0 radical (unpaired) electrons. The normalized spacial score (nSPS) is 12.4. The second kappa shape index (κ2) is 7.01. The van der Waals surface area contributed by atoms with Gasteiger partial charge in [0, 0.05) is 36.8 Å². The van der Waals surface area contributed by atoms with Crippen molar-refractivity contribution in [3.05, 3.63) is 48.0 Å². The number of hydrogen-bond donors (Lipinski definition) is 0. The number of alkyl halides is 3. The van der Waals surface area contributed by atoms with Crippen molar-refractivity contribution in [3.8, 4) is 22.8 Å². The van der Waals surface area contributed by atoms with Gasteiger partial charge in [0.15, 0.2) is 15.7 Å². The third-order valence-corrected chi connectivity index (χ3v) is 5.92. The molecule has 3 rings (SSSR count). The fourth-order valence-corrected chi connectivity index (χ4v) is 4.03. The second-order valence-electron chi connectivity index (χ2n) is 6.19. The largest absolute Gasteiger partial charge is 0.417 e. The average Bonchev–Trinajstić information content (AvgIpc) is 2.98. The van der Waals surface area contributed by atoms with Crippen molar-refractivity contribution < 1.29 is 21.6 Å². The van der Waals surface area contributed by atoms with E-state index in [1.165, 1.54) is 49.3 Å². The molecule has 10 heteroatoms. The predicted molar refractivity (Wildman–Crippen MR) is 97.1 cm³/mol. The molecule has 6 nitrogen and oxygen atoms in total. The molecule has 0 amide bonds. The molecular formula is C18H17F3N4O2S. The molecule has 2 heterocycles. The van der Waals surface area contributed by atoms with E-state index in [1.807, 2.05) is 0 Å². The molecule has 0 bridgehead atoms. The van der Waals surface area contributed by atoms with Crippen molar-refractivity contribution in [3.63, 3.8) is 0 Å². The van der Waals surface area contributed by atoms with Crippen molar-refractivity contribution in [1.29, 1.82) is 0 Å². The molecule has 0 aliphatic carbocycles. The molecule has 148 valence electrons. The van der Waals surface area contributed by atoms with Crippen LogP contribution in [0.25, 0.3) is 22.8 Å². The van der Waals surface area contributed by atoms with E-state index in [9.17, 15) is 21.6 Å². The summed E-state index contributed by atoms with van der Waals surface area (Å²) in [6.07, 6.45) is -0.525. The molecule has 1 aromatic carbocycles. The Morgan fingerprint density at radius 3 is 2.29 bits per heavy atom. The molecule has 0 N–H and O–H groups in total. The van der Waals surface area contributed by atoms with Crippen LogP contribution in [0.15, 0.2) is 41.7 Å². The summed E-state index contributed by atoms with van der Waals surface area (Å²) in [6.45, 7) is 3.00. The molecule has 0 fully saturated rings. The van der Waals surface area contributed by atoms with E-state index in [2.05, 4.69) is 15.0 Å². The summed E-state index contributed by atoms with van der Waals surface area (Å²) in [4.78, 5) is 11.6. The topological polar surface area (TPSA) is 77.7 Å². The van der Waals surface area contributed by atoms with Crippen molar-refractivity contribution in [2.45, 2.75) is 24.9 Å². The molecule has 0 atom stereocenters. The van der Waals surface area contributed by atoms with E-state index >= 15 is 0 Å². The molecule has 0 spiro atoms. The Morgan fingerprint density at radius 2 is 1.79 bits per heavy atom. The third-order valence-electron chi connectivity index (χ3n) is 4.17. The molecule has 0 saturated carbocycles. The van der Waals surface area contributed by atoms with E-state index in [4.69, 9.17) is 0 Å². The number of hydrogen-bond acceptors (Lipinski definition) is 5. The SMILES string of the molecule is CCS(=O)(=O)c1cc(-c2ncccn2)cc(C(F)(F)F)c1-c1nc(C)cn1C. The average molecular weight is 410 g/mol. The lowest BCUT2D eigenvalue weighted by Crippen LogP contribution is -2.15. The first-order valence-corrected chi connectivity index (χ1v) is 9.95. The molecule has 2 aromatic heterocycles.